The van der Waals surface area contributed by atoms with Gasteiger partial charge in [0.2, 0.25) is 0 Å². The summed E-state index contributed by atoms with van der Waals surface area (Å²) < 4.78 is 8.28. The van der Waals surface area contributed by atoms with Crippen LogP contribution in [0.25, 0.3) is 26.9 Å². The zero-order valence-electron chi connectivity index (χ0n) is 17.8. The molecule has 0 radical (unpaired) electrons. The van der Waals surface area contributed by atoms with Gasteiger partial charge in [0.25, 0.3) is 0 Å². The Hall–Kier alpha value is -3.43. The first-order valence-corrected chi connectivity index (χ1v) is 11.8. The van der Waals surface area contributed by atoms with E-state index in [4.69, 9.17) is 21.3 Å². The molecule has 0 aliphatic carbocycles. The van der Waals surface area contributed by atoms with E-state index in [1.165, 1.54) is 0 Å². The number of piperazine rings is 1. The molecule has 1 saturated heterocycles. The Balaban J connectivity index is 1.24. The lowest BCUT2D eigenvalue weighted by Gasteiger charge is -2.35. The SMILES string of the molecule is COc1ccc2nc(N3CCN(c4ncnc5c4cnn5-c4cccc(Cl)c4)CC3)sc2c1. The second-order valence-corrected chi connectivity index (χ2v) is 9.22. The van der Waals surface area contributed by atoms with Crippen molar-refractivity contribution in [1.82, 2.24) is 24.7 Å². The number of hydrogen-bond acceptors (Lipinski definition) is 8. The number of methoxy groups -OCH3 is 1. The number of hydrogen-bond donors (Lipinski definition) is 0. The summed E-state index contributed by atoms with van der Waals surface area (Å²) in [6.07, 6.45) is 3.44. The van der Waals surface area contributed by atoms with E-state index in [1.807, 2.05) is 48.7 Å². The van der Waals surface area contributed by atoms with Crippen molar-refractivity contribution in [3.63, 3.8) is 0 Å². The van der Waals surface area contributed by atoms with Crippen LogP contribution < -0.4 is 14.5 Å². The Morgan fingerprint density at radius 3 is 2.67 bits per heavy atom. The maximum atomic E-state index is 6.17. The lowest BCUT2D eigenvalue weighted by molar-refractivity contribution is 0.415. The maximum absolute atomic E-state index is 6.17. The highest BCUT2D eigenvalue weighted by molar-refractivity contribution is 7.22. The van der Waals surface area contributed by atoms with Crippen LogP contribution in [0.4, 0.5) is 10.9 Å². The molecule has 0 spiro atoms. The number of halogens is 1. The quantitative estimate of drug-likeness (QED) is 0.379. The Morgan fingerprint density at radius 1 is 1.00 bits per heavy atom. The van der Waals surface area contributed by atoms with Gasteiger partial charge in [0, 0.05) is 31.2 Å². The van der Waals surface area contributed by atoms with Gasteiger partial charge in [-0.15, -0.1) is 0 Å². The molecule has 8 nitrogen and oxygen atoms in total. The molecule has 166 valence electrons. The first-order valence-electron chi connectivity index (χ1n) is 10.6. The molecule has 4 heterocycles. The Morgan fingerprint density at radius 2 is 1.85 bits per heavy atom. The second kappa shape index (κ2) is 8.17. The highest BCUT2D eigenvalue weighted by Crippen LogP contribution is 2.33. The van der Waals surface area contributed by atoms with E-state index in [-0.39, 0.29) is 0 Å². The lowest BCUT2D eigenvalue weighted by Crippen LogP contribution is -2.46. The fourth-order valence-corrected chi connectivity index (χ4v) is 5.38. The molecule has 0 amide bonds. The highest BCUT2D eigenvalue weighted by Gasteiger charge is 2.23. The summed E-state index contributed by atoms with van der Waals surface area (Å²) in [6, 6.07) is 13.6. The summed E-state index contributed by atoms with van der Waals surface area (Å²) in [6.45, 7) is 3.41. The van der Waals surface area contributed by atoms with E-state index in [9.17, 15) is 0 Å². The molecule has 0 N–H and O–H groups in total. The number of benzene rings is 2. The zero-order chi connectivity index (χ0) is 22.4. The van der Waals surface area contributed by atoms with Crippen molar-refractivity contribution in [3.8, 4) is 11.4 Å². The van der Waals surface area contributed by atoms with Gasteiger partial charge in [0.15, 0.2) is 10.8 Å². The first kappa shape index (κ1) is 20.2. The van der Waals surface area contributed by atoms with Crippen LogP contribution in [0.1, 0.15) is 0 Å². The van der Waals surface area contributed by atoms with Crippen LogP contribution in [-0.2, 0) is 0 Å². The monoisotopic (exact) mass is 477 g/mol. The van der Waals surface area contributed by atoms with Crippen molar-refractivity contribution in [2.75, 3.05) is 43.1 Å². The smallest absolute Gasteiger partial charge is 0.186 e. The molecule has 33 heavy (non-hydrogen) atoms. The summed E-state index contributed by atoms with van der Waals surface area (Å²) >= 11 is 7.88. The topological polar surface area (TPSA) is 72.2 Å². The van der Waals surface area contributed by atoms with Crippen molar-refractivity contribution in [3.05, 3.63) is 60.0 Å². The third-order valence-corrected chi connectivity index (χ3v) is 7.15. The van der Waals surface area contributed by atoms with E-state index in [1.54, 1.807) is 29.5 Å². The molecule has 0 saturated carbocycles. The van der Waals surface area contributed by atoms with Crippen molar-refractivity contribution < 1.29 is 4.74 Å². The van der Waals surface area contributed by atoms with Gasteiger partial charge in [-0.2, -0.15) is 5.10 Å². The van der Waals surface area contributed by atoms with Crippen LogP contribution >= 0.6 is 22.9 Å². The number of thiazole rings is 1. The molecule has 1 aliphatic heterocycles. The number of ether oxygens (including phenoxy) is 1. The minimum Gasteiger partial charge on any atom is -0.497 e. The summed E-state index contributed by atoms with van der Waals surface area (Å²) in [7, 11) is 1.69. The molecule has 3 aromatic heterocycles. The highest BCUT2D eigenvalue weighted by atomic mass is 35.5. The van der Waals surface area contributed by atoms with Gasteiger partial charge in [-0.3, -0.25) is 0 Å². The third-order valence-electron chi connectivity index (χ3n) is 5.83. The fourth-order valence-electron chi connectivity index (χ4n) is 4.15. The van der Waals surface area contributed by atoms with Gasteiger partial charge in [0.05, 0.1) is 34.6 Å². The normalized spacial score (nSPS) is 14.4. The number of anilines is 2. The minimum absolute atomic E-state index is 0.662. The molecule has 10 heteroatoms. The summed E-state index contributed by atoms with van der Waals surface area (Å²) in [5, 5.41) is 7.19. The van der Waals surface area contributed by atoms with Crippen molar-refractivity contribution >= 4 is 55.1 Å². The van der Waals surface area contributed by atoms with E-state index in [0.29, 0.717) is 5.02 Å². The molecule has 0 unspecified atom stereocenters. The number of nitrogens with zero attached hydrogens (tertiary/aromatic N) is 7. The van der Waals surface area contributed by atoms with E-state index in [0.717, 1.165) is 69.8 Å². The summed E-state index contributed by atoms with van der Waals surface area (Å²) in [5.74, 6) is 1.76. The standard InChI is InChI=1S/C23H20ClN7OS/c1-32-17-5-6-19-20(12-17)33-23(28-19)30-9-7-29(8-10-30)21-18-13-27-31(22(18)26-14-25-21)16-4-2-3-15(24)11-16/h2-6,11-14H,7-10H2,1H3. The van der Waals surface area contributed by atoms with Gasteiger partial charge in [0.1, 0.15) is 17.9 Å². The van der Waals surface area contributed by atoms with Crippen LogP contribution in [0.2, 0.25) is 5.02 Å². The van der Waals surface area contributed by atoms with Gasteiger partial charge >= 0.3 is 0 Å². The molecule has 2 aromatic carbocycles. The predicted octanol–water partition coefficient (Wildman–Crippen LogP) is 4.41. The zero-order valence-corrected chi connectivity index (χ0v) is 19.4. The van der Waals surface area contributed by atoms with E-state index in [2.05, 4.69) is 24.9 Å². The summed E-state index contributed by atoms with van der Waals surface area (Å²) in [4.78, 5) is 18.5. The largest absolute Gasteiger partial charge is 0.497 e. The Bertz CT molecular complexity index is 1460. The molecule has 6 rings (SSSR count). The maximum Gasteiger partial charge on any atom is 0.186 e. The van der Waals surface area contributed by atoms with Crippen LogP contribution in [-0.4, -0.2) is 58.0 Å². The summed E-state index contributed by atoms with van der Waals surface area (Å²) in [5.41, 5.74) is 2.65. The number of fused-ring (bicyclic) bond motifs is 2. The van der Waals surface area contributed by atoms with Gasteiger partial charge in [-0.1, -0.05) is 29.0 Å². The lowest BCUT2D eigenvalue weighted by atomic mass is 10.3. The molecule has 0 atom stereocenters. The Kier molecular flexibility index (Phi) is 5.00. The van der Waals surface area contributed by atoms with Gasteiger partial charge in [-0.05, 0) is 36.4 Å². The minimum atomic E-state index is 0.662. The van der Waals surface area contributed by atoms with E-state index < -0.39 is 0 Å². The van der Waals surface area contributed by atoms with E-state index >= 15 is 0 Å². The number of rotatable bonds is 4. The van der Waals surface area contributed by atoms with Crippen molar-refractivity contribution in [2.24, 2.45) is 0 Å². The van der Waals surface area contributed by atoms with Crippen molar-refractivity contribution in [1.29, 1.82) is 0 Å². The molecule has 1 aliphatic rings. The second-order valence-electron chi connectivity index (χ2n) is 7.77. The average molecular weight is 478 g/mol. The molecular weight excluding hydrogens is 458 g/mol. The van der Waals surface area contributed by atoms with Crippen molar-refractivity contribution in [2.45, 2.75) is 0 Å². The van der Waals surface area contributed by atoms with Crippen LogP contribution in [0.5, 0.6) is 5.75 Å². The Labute approximate surface area is 199 Å². The molecule has 5 aromatic rings. The molecule has 0 bridgehead atoms. The number of aromatic nitrogens is 5. The van der Waals surface area contributed by atoms with Crippen LogP contribution in [0.15, 0.2) is 55.0 Å². The first-order chi connectivity index (χ1) is 16.2. The molecule has 1 fully saturated rings. The average Bonchev–Trinajstić information content (AvgIpc) is 3.48. The van der Waals surface area contributed by atoms with Gasteiger partial charge in [-0.25, -0.2) is 19.6 Å². The van der Waals surface area contributed by atoms with Gasteiger partial charge < -0.3 is 14.5 Å². The van der Waals surface area contributed by atoms with Crippen LogP contribution in [0.3, 0.4) is 0 Å². The molecular formula is C23H20ClN7OS. The predicted molar refractivity (Wildman–Crippen MR) is 132 cm³/mol. The fraction of sp³-hybridized carbons (Fsp3) is 0.217. The third kappa shape index (κ3) is 3.63. The van der Waals surface area contributed by atoms with Crippen LogP contribution in [0, 0.1) is 0 Å².